The number of pyridine rings is 1. The number of nitrogens with two attached hydrogens (primary N) is 1. The van der Waals surface area contributed by atoms with Crippen molar-refractivity contribution in [1.82, 2.24) is 4.57 Å². The maximum absolute atomic E-state index is 14.4. The molecule has 1 aliphatic carbocycles. The number of aliphatic hydroxyl groups is 1. The van der Waals surface area contributed by atoms with Crippen molar-refractivity contribution >= 4 is 50.8 Å². The number of nitrogen functional groups attached to an aromatic ring is 1. The molecule has 0 radical (unpaired) electrons. The number of methoxy groups -OCH3 is 1. The van der Waals surface area contributed by atoms with Crippen LogP contribution in [0.2, 0.25) is 0 Å². The van der Waals surface area contributed by atoms with Crippen molar-refractivity contribution < 1.29 is 18.4 Å². The van der Waals surface area contributed by atoms with Crippen LogP contribution in [0.15, 0.2) is 29.3 Å². The van der Waals surface area contributed by atoms with Gasteiger partial charge in [0.15, 0.2) is 5.49 Å². The van der Waals surface area contributed by atoms with Crippen LogP contribution in [-0.4, -0.2) is 32.3 Å². The van der Waals surface area contributed by atoms with E-state index in [0.717, 1.165) is 16.4 Å². The molecule has 10 heteroatoms. The van der Waals surface area contributed by atoms with Gasteiger partial charge in [0.25, 0.3) is 0 Å². The van der Waals surface area contributed by atoms with Crippen LogP contribution in [0.25, 0.3) is 0 Å². The SMILES string of the molecule is COc1cc(N)n(C)c(=Nc2ccc(I)cc2F)c1NS(=O)C1(CCO)CC1. The number of ether oxygens (including phenoxy) is 1. The van der Waals surface area contributed by atoms with Crippen molar-refractivity contribution in [3.05, 3.63) is 39.1 Å². The molecule has 7 nitrogen and oxygen atoms in total. The molecule has 0 saturated heterocycles. The predicted octanol–water partition coefficient (Wildman–Crippen LogP) is 2.58. The van der Waals surface area contributed by atoms with E-state index in [1.807, 2.05) is 22.6 Å². The van der Waals surface area contributed by atoms with Crippen LogP contribution in [-0.2, 0) is 18.0 Å². The van der Waals surface area contributed by atoms with E-state index in [-0.39, 0.29) is 12.3 Å². The summed E-state index contributed by atoms with van der Waals surface area (Å²) in [5.74, 6) is 0.238. The highest BCUT2D eigenvalue weighted by atomic mass is 127. The number of hydrogen-bond acceptors (Lipinski definition) is 5. The fraction of sp³-hybridized carbons (Fsp3) is 0.389. The minimum atomic E-state index is -1.47. The lowest BCUT2D eigenvalue weighted by Gasteiger charge is -2.19. The summed E-state index contributed by atoms with van der Waals surface area (Å²) in [6.07, 6.45) is 1.96. The van der Waals surface area contributed by atoms with E-state index in [2.05, 4.69) is 9.71 Å². The first-order chi connectivity index (χ1) is 13.3. The standard InChI is InChI=1S/C18H22FIN4O3S/c1-24-15(21)10-14(27-2)16(23-28(26)18(5-6-18)7-8-25)17(24)22-13-4-3-11(20)9-12(13)19/h3-4,9-10,23,25H,5-8,21H2,1-2H3. The molecule has 1 unspecified atom stereocenters. The Balaban J connectivity index is 2.14. The van der Waals surface area contributed by atoms with E-state index >= 15 is 0 Å². The van der Waals surface area contributed by atoms with Crippen molar-refractivity contribution in [2.45, 2.75) is 24.0 Å². The summed E-state index contributed by atoms with van der Waals surface area (Å²) in [4.78, 5) is 4.43. The van der Waals surface area contributed by atoms with Gasteiger partial charge in [-0.1, -0.05) is 0 Å². The number of anilines is 2. The molecule has 3 rings (SSSR count). The summed E-state index contributed by atoms with van der Waals surface area (Å²) in [6.45, 7) is -0.0365. The average Bonchev–Trinajstić information content (AvgIpc) is 3.43. The number of aliphatic hydroxyl groups excluding tert-OH is 1. The van der Waals surface area contributed by atoms with E-state index < -0.39 is 21.5 Å². The fourth-order valence-electron chi connectivity index (χ4n) is 2.85. The van der Waals surface area contributed by atoms with E-state index in [1.165, 1.54) is 13.2 Å². The van der Waals surface area contributed by atoms with Crippen LogP contribution in [0.3, 0.4) is 0 Å². The molecule has 152 valence electrons. The molecular weight excluding hydrogens is 498 g/mol. The molecule has 1 saturated carbocycles. The van der Waals surface area contributed by atoms with Crippen LogP contribution < -0.4 is 20.7 Å². The number of aromatic nitrogens is 1. The molecule has 28 heavy (non-hydrogen) atoms. The first kappa shape index (κ1) is 21.1. The normalized spacial score (nSPS) is 16.7. The van der Waals surface area contributed by atoms with Gasteiger partial charge in [-0.3, -0.25) is 4.72 Å². The van der Waals surface area contributed by atoms with E-state index in [4.69, 9.17) is 10.5 Å². The van der Waals surface area contributed by atoms with Gasteiger partial charge in [0, 0.05) is 23.3 Å². The predicted molar refractivity (Wildman–Crippen MR) is 116 cm³/mol. The largest absolute Gasteiger partial charge is 0.494 e. The van der Waals surface area contributed by atoms with Gasteiger partial charge >= 0.3 is 0 Å². The lowest BCUT2D eigenvalue weighted by atomic mass is 10.3. The minimum Gasteiger partial charge on any atom is -0.494 e. The van der Waals surface area contributed by atoms with Gasteiger partial charge in [0.05, 0.1) is 11.9 Å². The fourth-order valence-corrected chi connectivity index (χ4v) is 4.65. The second kappa shape index (κ2) is 8.37. The van der Waals surface area contributed by atoms with E-state index in [1.54, 1.807) is 29.8 Å². The van der Waals surface area contributed by atoms with Crippen molar-refractivity contribution in [2.75, 3.05) is 24.2 Å². The number of hydrogen-bond donors (Lipinski definition) is 3. The minimum absolute atomic E-state index is 0.0365. The quantitative estimate of drug-likeness (QED) is 0.489. The summed E-state index contributed by atoms with van der Waals surface area (Å²) in [6, 6.07) is 6.29. The maximum Gasteiger partial charge on any atom is 0.162 e. The molecule has 1 aliphatic rings. The van der Waals surface area contributed by atoms with Crippen LogP contribution >= 0.6 is 22.6 Å². The monoisotopic (exact) mass is 520 g/mol. The summed E-state index contributed by atoms with van der Waals surface area (Å²) in [5.41, 5.74) is 6.84. The summed E-state index contributed by atoms with van der Waals surface area (Å²) >= 11 is 2.02. The molecular formula is C18H22FIN4O3S. The molecule has 0 spiro atoms. The van der Waals surface area contributed by atoms with Gasteiger partial charge in [-0.25, -0.2) is 13.6 Å². The molecule has 1 aromatic heterocycles. The summed E-state index contributed by atoms with van der Waals surface area (Å²) in [5, 5.41) is 9.27. The first-order valence-corrected chi connectivity index (χ1v) is 10.9. The molecule has 0 amide bonds. The van der Waals surface area contributed by atoms with Crippen LogP contribution in [0, 0.1) is 9.39 Å². The molecule has 2 aromatic rings. The van der Waals surface area contributed by atoms with Crippen LogP contribution in [0.5, 0.6) is 5.75 Å². The number of benzene rings is 1. The summed E-state index contributed by atoms with van der Waals surface area (Å²) < 4.78 is 37.6. The van der Waals surface area contributed by atoms with E-state index in [9.17, 15) is 13.7 Å². The van der Waals surface area contributed by atoms with Crippen LogP contribution in [0.1, 0.15) is 19.3 Å². The highest BCUT2D eigenvalue weighted by Gasteiger charge is 2.48. The van der Waals surface area contributed by atoms with Gasteiger partial charge in [-0.2, -0.15) is 0 Å². The van der Waals surface area contributed by atoms with Gasteiger partial charge in [0.1, 0.15) is 39.7 Å². The number of nitrogens with zero attached hydrogens (tertiary/aromatic N) is 2. The van der Waals surface area contributed by atoms with Crippen molar-refractivity contribution in [2.24, 2.45) is 12.0 Å². The Morgan fingerprint density at radius 2 is 2.18 bits per heavy atom. The zero-order valence-corrected chi connectivity index (χ0v) is 18.5. The Bertz CT molecular complexity index is 992. The summed E-state index contributed by atoms with van der Waals surface area (Å²) in [7, 11) is 1.69. The molecule has 0 bridgehead atoms. The van der Waals surface area contributed by atoms with Gasteiger partial charge in [-0.15, -0.1) is 0 Å². The molecule has 4 N–H and O–H groups in total. The zero-order valence-electron chi connectivity index (χ0n) is 15.5. The maximum atomic E-state index is 14.4. The second-order valence-corrected chi connectivity index (χ2v) is 9.48. The molecule has 0 aliphatic heterocycles. The van der Waals surface area contributed by atoms with Crippen molar-refractivity contribution in [1.29, 1.82) is 0 Å². The first-order valence-electron chi connectivity index (χ1n) is 8.64. The highest BCUT2D eigenvalue weighted by molar-refractivity contribution is 14.1. The second-order valence-electron chi connectivity index (χ2n) is 6.63. The Hall–Kier alpha value is -1.66. The Kier molecular flexibility index (Phi) is 6.30. The van der Waals surface area contributed by atoms with Gasteiger partial charge in [0.2, 0.25) is 0 Å². The third-order valence-electron chi connectivity index (χ3n) is 4.77. The highest BCUT2D eigenvalue weighted by Crippen LogP contribution is 2.45. The van der Waals surface area contributed by atoms with Crippen molar-refractivity contribution in [3.8, 4) is 5.75 Å². The topological polar surface area (TPSA) is 102 Å². The molecule has 1 aromatic carbocycles. The Labute approximate surface area is 178 Å². The third-order valence-corrected chi connectivity index (χ3v) is 7.23. The number of nitrogens with one attached hydrogen (secondary N) is 1. The van der Waals surface area contributed by atoms with Crippen LogP contribution in [0.4, 0.5) is 21.6 Å². The molecule has 1 fully saturated rings. The average molecular weight is 520 g/mol. The van der Waals surface area contributed by atoms with Gasteiger partial charge in [-0.05, 0) is 60.1 Å². The Morgan fingerprint density at radius 3 is 2.75 bits per heavy atom. The third kappa shape index (κ3) is 4.18. The molecule has 1 heterocycles. The lowest BCUT2D eigenvalue weighted by molar-refractivity contribution is 0.284. The number of halogens is 2. The number of rotatable bonds is 7. The van der Waals surface area contributed by atoms with Crippen molar-refractivity contribution in [3.63, 3.8) is 0 Å². The lowest BCUT2D eigenvalue weighted by Crippen LogP contribution is -2.30. The van der Waals surface area contributed by atoms with Gasteiger partial charge < -0.3 is 20.1 Å². The molecule has 1 atom stereocenters. The van der Waals surface area contributed by atoms with E-state index in [0.29, 0.717) is 29.2 Å². The smallest absolute Gasteiger partial charge is 0.162 e. The Morgan fingerprint density at radius 1 is 1.46 bits per heavy atom. The zero-order chi connectivity index (χ0) is 20.5.